The van der Waals surface area contributed by atoms with Gasteiger partial charge in [0.05, 0.1) is 6.61 Å². The third kappa shape index (κ3) is 6.15. The number of pyridine rings is 1. The summed E-state index contributed by atoms with van der Waals surface area (Å²) in [4.78, 5) is 29.0. The third-order valence-electron chi connectivity index (χ3n) is 4.35. The number of amides is 1. The average Bonchev–Trinajstić information content (AvgIpc) is 3.28. The molecule has 1 amide bonds. The lowest BCUT2D eigenvalue weighted by molar-refractivity contribution is -0.128. The van der Waals surface area contributed by atoms with E-state index in [9.17, 15) is 14.0 Å². The molecule has 0 radical (unpaired) electrons. The van der Waals surface area contributed by atoms with Crippen molar-refractivity contribution in [1.82, 2.24) is 15.3 Å². The second-order valence-electron chi connectivity index (χ2n) is 6.55. The van der Waals surface area contributed by atoms with Gasteiger partial charge in [0.2, 0.25) is 5.88 Å². The van der Waals surface area contributed by atoms with Gasteiger partial charge in [0.1, 0.15) is 17.1 Å². The number of hydrogen-bond acceptors (Lipinski definition) is 5. The molecule has 0 saturated carbocycles. The van der Waals surface area contributed by atoms with E-state index in [1.54, 1.807) is 19.1 Å². The molecule has 4 rings (SSSR count). The number of ether oxygens (including phenoxy) is 2. The topological polar surface area (TPSA) is 93.3 Å². The van der Waals surface area contributed by atoms with E-state index in [-0.39, 0.29) is 17.6 Å². The van der Waals surface area contributed by atoms with E-state index in [4.69, 9.17) is 4.74 Å². The molecule has 0 atom stereocenters. The fourth-order valence-corrected chi connectivity index (χ4v) is 2.82. The minimum Gasteiger partial charge on any atom is -0.468 e. The molecule has 8 heteroatoms. The monoisotopic (exact) mass is 435 g/mol. The van der Waals surface area contributed by atoms with Crippen LogP contribution < -0.4 is 10.1 Å². The summed E-state index contributed by atoms with van der Waals surface area (Å²) < 4.78 is 22.8. The van der Waals surface area contributed by atoms with Crippen molar-refractivity contribution in [3.8, 4) is 11.6 Å². The first-order chi connectivity index (χ1) is 15.6. The van der Waals surface area contributed by atoms with Crippen LogP contribution in [0.1, 0.15) is 22.8 Å². The summed E-state index contributed by atoms with van der Waals surface area (Å²) >= 11 is 0. The van der Waals surface area contributed by atoms with Gasteiger partial charge in [0, 0.05) is 24.5 Å². The zero-order valence-corrected chi connectivity index (χ0v) is 17.4. The Labute approximate surface area is 184 Å². The Kier molecular flexibility index (Phi) is 7.91. The summed E-state index contributed by atoms with van der Waals surface area (Å²) in [6, 6.07) is 16.8. The van der Waals surface area contributed by atoms with Gasteiger partial charge in [-0.2, -0.15) is 0 Å². The maximum atomic E-state index is 13.0. The summed E-state index contributed by atoms with van der Waals surface area (Å²) in [5.41, 5.74) is 2.34. The number of carbonyl (C=O) groups is 2. The highest BCUT2D eigenvalue weighted by Crippen LogP contribution is 2.23. The van der Waals surface area contributed by atoms with E-state index in [0.29, 0.717) is 30.9 Å². The fourth-order valence-electron chi connectivity index (χ4n) is 2.82. The molecule has 0 saturated heterocycles. The SMILES string of the molecule is CCOC=O.O=C(NCc1ccc2[nH]ccc2c1)c1cccnc1Oc1ccc(F)cc1. The van der Waals surface area contributed by atoms with E-state index < -0.39 is 0 Å². The second-order valence-corrected chi connectivity index (χ2v) is 6.55. The number of nitrogens with zero attached hydrogens (tertiary/aromatic N) is 1. The maximum Gasteiger partial charge on any atom is 0.293 e. The molecule has 0 aliphatic heterocycles. The van der Waals surface area contributed by atoms with Gasteiger partial charge in [0.15, 0.2) is 0 Å². The number of aromatic amines is 1. The van der Waals surface area contributed by atoms with E-state index in [0.717, 1.165) is 16.5 Å². The number of hydrogen-bond donors (Lipinski definition) is 2. The molecule has 7 nitrogen and oxygen atoms in total. The molecular formula is C24H22FN3O4. The normalized spacial score (nSPS) is 10.1. The number of nitrogens with one attached hydrogen (secondary N) is 2. The predicted octanol–water partition coefficient (Wildman–Crippen LogP) is 4.60. The average molecular weight is 435 g/mol. The van der Waals surface area contributed by atoms with Crippen LogP contribution in [0.15, 0.2) is 73.1 Å². The van der Waals surface area contributed by atoms with Crippen molar-refractivity contribution >= 4 is 23.3 Å². The standard InChI is InChI=1S/C21H16FN3O2.C3H6O2/c22-16-4-6-17(7-5-16)27-21-18(2-1-10-24-21)20(26)25-13-14-3-8-19-15(12-14)9-11-23-19;1-2-5-3-4/h1-12,23H,13H2,(H,25,26);3H,2H2,1H3. The molecule has 0 spiro atoms. The lowest BCUT2D eigenvalue weighted by Crippen LogP contribution is -2.23. The Morgan fingerprint density at radius 1 is 1.16 bits per heavy atom. The minimum absolute atomic E-state index is 0.169. The van der Waals surface area contributed by atoms with Crippen LogP contribution in [0.3, 0.4) is 0 Å². The molecule has 2 aromatic heterocycles. The van der Waals surface area contributed by atoms with Crippen LogP contribution in [-0.2, 0) is 16.1 Å². The van der Waals surface area contributed by atoms with Gasteiger partial charge in [-0.1, -0.05) is 6.07 Å². The fraction of sp³-hybridized carbons (Fsp3) is 0.125. The number of halogens is 1. The molecule has 164 valence electrons. The van der Waals surface area contributed by atoms with Crippen molar-refractivity contribution < 1.29 is 23.5 Å². The third-order valence-corrected chi connectivity index (χ3v) is 4.35. The number of rotatable bonds is 7. The van der Waals surface area contributed by atoms with Crippen molar-refractivity contribution in [1.29, 1.82) is 0 Å². The van der Waals surface area contributed by atoms with Crippen molar-refractivity contribution in [3.63, 3.8) is 0 Å². The summed E-state index contributed by atoms with van der Waals surface area (Å²) in [5, 5.41) is 3.96. The van der Waals surface area contributed by atoms with Crippen LogP contribution in [-0.4, -0.2) is 29.0 Å². The molecular weight excluding hydrogens is 413 g/mol. The quantitative estimate of drug-likeness (QED) is 0.414. The largest absolute Gasteiger partial charge is 0.468 e. The Bertz CT molecular complexity index is 1180. The minimum atomic E-state index is -0.360. The smallest absolute Gasteiger partial charge is 0.293 e. The molecule has 2 N–H and O–H groups in total. The molecule has 32 heavy (non-hydrogen) atoms. The highest BCUT2D eigenvalue weighted by molar-refractivity contribution is 5.96. The summed E-state index contributed by atoms with van der Waals surface area (Å²) in [6.45, 7) is 3.04. The lowest BCUT2D eigenvalue weighted by Gasteiger charge is -2.10. The number of aromatic nitrogens is 2. The molecule has 0 unspecified atom stereocenters. The van der Waals surface area contributed by atoms with Crippen molar-refractivity contribution in [2.24, 2.45) is 0 Å². The number of carbonyl (C=O) groups excluding carboxylic acids is 2. The van der Waals surface area contributed by atoms with Crippen molar-refractivity contribution in [2.75, 3.05) is 6.61 Å². The molecule has 2 heterocycles. The molecule has 0 aliphatic carbocycles. The van der Waals surface area contributed by atoms with Gasteiger partial charge >= 0.3 is 0 Å². The lowest BCUT2D eigenvalue weighted by atomic mass is 10.1. The van der Waals surface area contributed by atoms with E-state index in [1.807, 2.05) is 30.5 Å². The zero-order valence-electron chi connectivity index (χ0n) is 17.4. The number of fused-ring (bicyclic) bond motifs is 1. The van der Waals surface area contributed by atoms with E-state index in [2.05, 4.69) is 20.0 Å². The number of benzene rings is 2. The van der Waals surface area contributed by atoms with Crippen LogP contribution in [0.4, 0.5) is 4.39 Å². The van der Waals surface area contributed by atoms with E-state index in [1.165, 1.54) is 30.5 Å². The first-order valence-electron chi connectivity index (χ1n) is 9.88. The summed E-state index contributed by atoms with van der Waals surface area (Å²) in [7, 11) is 0. The molecule has 2 aromatic carbocycles. The van der Waals surface area contributed by atoms with E-state index >= 15 is 0 Å². The first-order valence-corrected chi connectivity index (χ1v) is 9.88. The highest BCUT2D eigenvalue weighted by atomic mass is 19.1. The van der Waals surface area contributed by atoms with Crippen LogP contribution in [0.2, 0.25) is 0 Å². The molecule has 0 fully saturated rings. The Hall–Kier alpha value is -4.20. The Morgan fingerprint density at radius 3 is 2.69 bits per heavy atom. The molecule has 0 bridgehead atoms. The van der Waals surface area contributed by atoms with Crippen molar-refractivity contribution in [3.05, 3.63) is 90.0 Å². The van der Waals surface area contributed by atoms with Gasteiger partial charge < -0.3 is 19.8 Å². The summed E-state index contributed by atoms with van der Waals surface area (Å²) in [5.74, 6) is -0.0835. The van der Waals surface area contributed by atoms with Crippen molar-refractivity contribution in [2.45, 2.75) is 13.5 Å². The summed E-state index contributed by atoms with van der Waals surface area (Å²) in [6.07, 6.45) is 3.41. The van der Waals surface area contributed by atoms with Gasteiger partial charge in [-0.25, -0.2) is 9.37 Å². The van der Waals surface area contributed by atoms with Crippen LogP contribution in [0.5, 0.6) is 11.6 Å². The maximum absolute atomic E-state index is 13.0. The molecule has 4 aromatic rings. The van der Waals surface area contributed by atoms with Gasteiger partial charge in [-0.15, -0.1) is 0 Å². The first kappa shape index (κ1) is 22.5. The second kappa shape index (κ2) is 11.3. The van der Waals surface area contributed by atoms with Gasteiger partial charge in [0.25, 0.3) is 12.4 Å². The van der Waals surface area contributed by atoms with Crippen LogP contribution in [0, 0.1) is 5.82 Å². The zero-order chi connectivity index (χ0) is 22.8. The highest BCUT2D eigenvalue weighted by Gasteiger charge is 2.14. The van der Waals surface area contributed by atoms with Crippen LogP contribution >= 0.6 is 0 Å². The Balaban J connectivity index is 0.000000523. The number of H-pyrrole nitrogens is 1. The van der Waals surface area contributed by atoms with Gasteiger partial charge in [-0.3, -0.25) is 9.59 Å². The predicted molar refractivity (Wildman–Crippen MR) is 118 cm³/mol. The Morgan fingerprint density at radius 2 is 1.97 bits per heavy atom. The van der Waals surface area contributed by atoms with Gasteiger partial charge in [-0.05, 0) is 72.5 Å². The molecule has 0 aliphatic rings. The van der Waals surface area contributed by atoms with Crippen LogP contribution in [0.25, 0.3) is 10.9 Å².